The van der Waals surface area contributed by atoms with Crippen LogP contribution in [-0.2, 0) is 4.74 Å². The van der Waals surface area contributed by atoms with Gasteiger partial charge in [-0.25, -0.2) is 4.98 Å². The Hall–Kier alpha value is -2.34. The molecule has 1 unspecified atom stereocenters. The van der Waals surface area contributed by atoms with Crippen molar-refractivity contribution in [3.8, 4) is 5.88 Å². The lowest BCUT2D eigenvalue weighted by atomic mass is 10.1. The Morgan fingerprint density at radius 1 is 1.45 bits per heavy atom. The lowest BCUT2D eigenvalue weighted by molar-refractivity contribution is 0.138. The molecule has 6 nitrogen and oxygen atoms in total. The average Bonchev–Trinajstić information content (AvgIpc) is 2.98. The van der Waals surface area contributed by atoms with Gasteiger partial charge in [-0.05, 0) is 12.1 Å². The number of hydrogen-bond donors (Lipinski definition) is 2. The largest absolute Gasteiger partial charge is 0.471 e. The van der Waals surface area contributed by atoms with E-state index >= 15 is 0 Å². The van der Waals surface area contributed by atoms with E-state index in [1.807, 2.05) is 30.3 Å². The lowest BCUT2D eigenvalue weighted by Crippen LogP contribution is -2.21. The summed E-state index contributed by atoms with van der Waals surface area (Å²) >= 11 is 0. The van der Waals surface area contributed by atoms with E-state index in [2.05, 4.69) is 10.1 Å². The molecule has 2 heterocycles. The molecule has 0 amide bonds. The van der Waals surface area contributed by atoms with Crippen molar-refractivity contribution in [2.24, 2.45) is 10.9 Å². The van der Waals surface area contributed by atoms with E-state index < -0.39 is 0 Å². The SMILES string of the molecule is NC(=NO)c1cc2ccccc2nc1OC1CCOC1. The summed E-state index contributed by atoms with van der Waals surface area (Å²) in [5.74, 6) is 0.353. The molecule has 1 aromatic heterocycles. The number of nitrogens with two attached hydrogens (primary N) is 1. The number of aromatic nitrogens is 1. The monoisotopic (exact) mass is 273 g/mol. The predicted molar refractivity (Wildman–Crippen MR) is 74.1 cm³/mol. The first-order chi connectivity index (χ1) is 9.78. The Kier molecular flexibility index (Phi) is 3.39. The Bertz CT molecular complexity index is 651. The first-order valence-corrected chi connectivity index (χ1v) is 6.40. The summed E-state index contributed by atoms with van der Waals surface area (Å²) in [5.41, 5.74) is 7.00. The van der Waals surface area contributed by atoms with Crippen molar-refractivity contribution in [2.75, 3.05) is 13.2 Å². The standard InChI is InChI=1S/C14H15N3O3/c15-13(17-18)11-7-9-3-1-2-4-12(9)16-14(11)20-10-5-6-19-8-10/h1-4,7,10,18H,5-6,8H2,(H2,15,17). The quantitative estimate of drug-likeness (QED) is 0.383. The van der Waals surface area contributed by atoms with Crippen molar-refractivity contribution < 1.29 is 14.7 Å². The van der Waals surface area contributed by atoms with E-state index in [0.29, 0.717) is 24.7 Å². The van der Waals surface area contributed by atoms with Gasteiger partial charge in [0, 0.05) is 11.8 Å². The van der Waals surface area contributed by atoms with Crippen LogP contribution < -0.4 is 10.5 Å². The van der Waals surface area contributed by atoms with E-state index in [-0.39, 0.29) is 11.9 Å². The van der Waals surface area contributed by atoms with Gasteiger partial charge in [0.25, 0.3) is 0 Å². The smallest absolute Gasteiger partial charge is 0.225 e. The van der Waals surface area contributed by atoms with Crippen LogP contribution in [-0.4, -0.2) is 35.3 Å². The van der Waals surface area contributed by atoms with E-state index in [9.17, 15) is 0 Å². The minimum atomic E-state index is -0.0473. The number of fused-ring (bicyclic) bond motifs is 1. The molecule has 1 fully saturated rings. The number of amidine groups is 1. The van der Waals surface area contributed by atoms with Crippen LogP contribution in [0.25, 0.3) is 10.9 Å². The fourth-order valence-corrected chi connectivity index (χ4v) is 2.19. The molecule has 0 radical (unpaired) electrons. The highest BCUT2D eigenvalue weighted by Crippen LogP contribution is 2.24. The van der Waals surface area contributed by atoms with Gasteiger partial charge in [0.1, 0.15) is 6.10 Å². The minimum Gasteiger partial charge on any atom is -0.471 e. The van der Waals surface area contributed by atoms with Crippen molar-refractivity contribution in [1.29, 1.82) is 0 Å². The first kappa shape index (κ1) is 12.7. The molecule has 3 rings (SSSR count). The van der Waals surface area contributed by atoms with Gasteiger partial charge >= 0.3 is 0 Å². The third-order valence-electron chi connectivity index (χ3n) is 3.24. The zero-order chi connectivity index (χ0) is 13.9. The van der Waals surface area contributed by atoms with Gasteiger partial charge in [0.15, 0.2) is 5.84 Å². The van der Waals surface area contributed by atoms with Crippen molar-refractivity contribution in [1.82, 2.24) is 4.98 Å². The van der Waals surface area contributed by atoms with Gasteiger partial charge in [-0.3, -0.25) is 0 Å². The zero-order valence-corrected chi connectivity index (χ0v) is 10.8. The summed E-state index contributed by atoms with van der Waals surface area (Å²) in [4.78, 5) is 4.46. The fourth-order valence-electron chi connectivity index (χ4n) is 2.19. The molecule has 0 aliphatic carbocycles. The normalized spacial score (nSPS) is 19.4. The van der Waals surface area contributed by atoms with E-state index in [4.69, 9.17) is 20.4 Å². The van der Waals surface area contributed by atoms with E-state index in [1.54, 1.807) is 0 Å². The van der Waals surface area contributed by atoms with Crippen molar-refractivity contribution >= 4 is 16.7 Å². The summed E-state index contributed by atoms with van der Waals surface area (Å²) in [6.45, 7) is 1.21. The molecular weight excluding hydrogens is 258 g/mol. The second-order valence-electron chi connectivity index (χ2n) is 4.62. The average molecular weight is 273 g/mol. The lowest BCUT2D eigenvalue weighted by Gasteiger charge is -2.14. The second-order valence-corrected chi connectivity index (χ2v) is 4.62. The number of rotatable bonds is 3. The molecule has 2 aromatic rings. The molecule has 3 N–H and O–H groups in total. The molecule has 20 heavy (non-hydrogen) atoms. The van der Waals surface area contributed by atoms with Crippen LogP contribution in [0.4, 0.5) is 0 Å². The number of hydrogen-bond acceptors (Lipinski definition) is 5. The van der Waals surface area contributed by atoms with Crippen LogP contribution in [0.3, 0.4) is 0 Å². The van der Waals surface area contributed by atoms with Crippen LogP contribution >= 0.6 is 0 Å². The van der Waals surface area contributed by atoms with Gasteiger partial charge in [0.2, 0.25) is 5.88 Å². The van der Waals surface area contributed by atoms with Gasteiger partial charge in [-0.1, -0.05) is 23.4 Å². The Morgan fingerprint density at radius 2 is 2.30 bits per heavy atom. The van der Waals surface area contributed by atoms with E-state index in [0.717, 1.165) is 17.3 Å². The number of ether oxygens (including phenoxy) is 2. The van der Waals surface area contributed by atoms with Crippen molar-refractivity contribution in [3.63, 3.8) is 0 Å². The maximum Gasteiger partial charge on any atom is 0.225 e. The highest BCUT2D eigenvalue weighted by molar-refractivity contribution is 6.02. The van der Waals surface area contributed by atoms with Crippen LogP contribution in [0, 0.1) is 0 Å². The fraction of sp³-hybridized carbons (Fsp3) is 0.286. The summed E-state index contributed by atoms with van der Waals surface area (Å²) in [7, 11) is 0. The number of para-hydroxylation sites is 1. The molecule has 1 atom stereocenters. The summed E-state index contributed by atoms with van der Waals surface area (Å²) in [6, 6.07) is 9.43. The Morgan fingerprint density at radius 3 is 3.05 bits per heavy atom. The highest BCUT2D eigenvalue weighted by atomic mass is 16.5. The molecule has 0 saturated carbocycles. The number of pyridine rings is 1. The van der Waals surface area contributed by atoms with Crippen molar-refractivity contribution in [2.45, 2.75) is 12.5 Å². The molecule has 104 valence electrons. The summed E-state index contributed by atoms with van der Waals surface area (Å²) in [6.07, 6.45) is 0.762. The Labute approximate surface area is 115 Å². The molecular formula is C14H15N3O3. The molecule has 1 aromatic carbocycles. The van der Waals surface area contributed by atoms with Crippen LogP contribution in [0.5, 0.6) is 5.88 Å². The molecule has 1 aliphatic heterocycles. The van der Waals surface area contributed by atoms with Gasteiger partial charge in [-0.15, -0.1) is 0 Å². The van der Waals surface area contributed by atoms with E-state index in [1.165, 1.54) is 0 Å². The Balaban J connectivity index is 2.06. The van der Waals surface area contributed by atoms with Crippen molar-refractivity contribution in [3.05, 3.63) is 35.9 Å². The van der Waals surface area contributed by atoms with Crippen LogP contribution in [0.15, 0.2) is 35.5 Å². The summed E-state index contributed by atoms with van der Waals surface area (Å²) < 4.78 is 11.1. The first-order valence-electron chi connectivity index (χ1n) is 6.40. The van der Waals surface area contributed by atoms with Crippen LogP contribution in [0.1, 0.15) is 12.0 Å². The highest BCUT2D eigenvalue weighted by Gasteiger charge is 2.21. The molecule has 1 saturated heterocycles. The minimum absolute atomic E-state index is 0.0165. The van der Waals surface area contributed by atoms with Gasteiger partial charge in [-0.2, -0.15) is 0 Å². The second kappa shape index (κ2) is 5.34. The predicted octanol–water partition coefficient (Wildman–Crippen LogP) is 1.50. The third kappa shape index (κ3) is 2.37. The zero-order valence-electron chi connectivity index (χ0n) is 10.8. The topological polar surface area (TPSA) is 90.0 Å². The van der Waals surface area contributed by atoms with Gasteiger partial charge < -0.3 is 20.4 Å². The number of oxime groups is 1. The molecule has 1 aliphatic rings. The number of nitrogens with zero attached hydrogens (tertiary/aromatic N) is 2. The molecule has 0 bridgehead atoms. The summed E-state index contributed by atoms with van der Waals surface area (Å²) in [5, 5.41) is 12.9. The van der Waals surface area contributed by atoms with Gasteiger partial charge in [0.05, 0.1) is 24.3 Å². The maximum atomic E-state index is 8.90. The number of benzene rings is 1. The third-order valence-corrected chi connectivity index (χ3v) is 3.24. The maximum absolute atomic E-state index is 8.90. The molecule has 0 spiro atoms. The molecule has 6 heteroatoms. The van der Waals surface area contributed by atoms with Crippen LogP contribution in [0.2, 0.25) is 0 Å².